The standard InChI is InChI=1S/C10H19NO5S/c1-10(2,3)8-7(16-17(4,14)15)5-6-11(8)9(12)13/h7-8H,5-6H2,1-4H3,(H,12,13)/t7?,8-/m0/s1. The van der Waals surface area contributed by atoms with Gasteiger partial charge in [0.2, 0.25) is 0 Å². The highest BCUT2D eigenvalue weighted by molar-refractivity contribution is 7.86. The first-order valence-electron chi connectivity index (χ1n) is 5.40. The lowest BCUT2D eigenvalue weighted by Gasteiger charge is -2.36. The third-order valence-electron chi connectivity index (χ3n) is 2.77. The summed E-state index contributed by atoms with van der Waals surface area (Å²) in [6, 6.07) is -0.449. The number of carbonyl (C=O) groups is 1. The average Bonchev–Trinajstić information content (AvgIpc) is 2.43. The number of rotatable bonds is 2. The lowest BCUT2D eigenvalue weighted by molar-refractivity contribution is 0.0602. The Morgan fingerprint density at radius 2 is 1.94 bits per heavy atom. The molecule has 0 saturated carbocycles. The molecule has 0 aromatic heterocycles. The first kappa shape index (κ1) is 14.2. The molecule has 0 radical (unpaired) electrons. The van der Waals surface area contributed by atoms with Crippen molar-refractivity contribution in [1.82, 2.24) is 4.90 Å². The minimum atomic E-state index is -3.57. The van der Waals surface area contributed by atoms with E-state index in [2.05, 4.69) is 0 Å². The maximum atomic E-state index is 11.1. The van der Waals surface area contributed by atoms with Crippen molar-refractivity contribution in [1.29, 1.82) is 0 Å². The Bertz CT molecular complexity index is 397. The second-order valence-corrected chi connectivity index (χ2v) is 7.02. The van der Waals surface area contributed by atoms with Crippen molar-refractivity contribution in [2.24, 2.45) is 5.41 Å². The minimum absolute atomic E-state index is 0.303. The number of hydrogen-bond acceptors (Lipinski definition) is 4. The molecule has 6 nitrogen and oxygen atoms in total. The summed E-state index contributed by atoms with van der Waals surface area (Å²) in [7, 11) is -3.57. The van der Waals surface area contributed by atoms with E-state index in [9.17, 15) is 13.2 Å². The molecular weight excluding hydrogens is 246 g/mol. The molecule has 100 valence electrons. The van der Waals surface area contributed by atoms with Crippen LogP contribution in [0.2, 0.25) is 0 Å². The van der Waals surface area contributed by atoms with Crippen LogP contribution in [0.5, 0.6) is 0 Å². The van der Waals surface area contributed by atoms with Gasteiger partial charge in [-0.15, -0.1) is 0 Å². The Labute approximate surface area is 102 Å². The summed E-state index contributed by atoms with van der Waals surface area (Å²) in [6.45, 7) is 5.92. The van der Waals surface area contributed by atoms with Gasteiger partial charge >= 0.3 is 6.09 Å². The fraction of sp³-hybridized carbons (Fsp3) is 0.900. The summed E-state index contributed by atoms with van der Waals surface area (Å²) in [4.78, 5) is 12.4. The van der Waals surface area contributed by atoms with Gasteiger partial charge in [-0.25, -0.2) is 4.79 Å². The fourth-order valence-electron chi connectivity index (χ4n) is 2.33. The summed E-state index contributed by atoms with van der Waals surface area (Å²) in [5, 5.41) is 9.08. The zero-order valence-electron chi connectivity index (χ0n) is 10.5. The first-order chi connectivity index (χ1) is 7.52. The molecular formula is C10H19NO5S. The number of hydrogen-bond donors (Lipinski definition) is 1. The van der Waals surface area contributed by atoms with Gasteiger partial charge in [-0.1, -0.05) is 20.8 Å². The van der Waals surface area contributed by atoms with Gasteiger partial charge < -0.3 is 10.0 Å². The van der Waals surface area contributed by atoms with Gasteiger partial charge in [-0.05, 0) is 11.8 Å². The van der Waals surface area contributed by atoms with Gasteiger partial charge in [0.05, 0.1) is 18.4 Å². The normalized spacial score (nSPS) is 26.2. The molecule has 1 amide bonds. The first-order valence-corrected chi connectivity index (χ1v) is 7.22. The zero-order valence-corrected chi connectivity index (χ0v) is 11.3. The van der Waals surface area contributed by atoms with Crippen molar-refractivity contribution in [3.8, 4) is 0 Å². The Balaban J connectivity index is 2.97. The predicted octanol–water partition coefficient (Wildman–Crippen LogP) is 1.13. The highest BCUT2D eigenvalue weighted by atomic mass is 32.2. The third kappa shape index (κ3) is 3.57. The molecule has 1 aliphatic heterocycles. The van der Waals surface area contributed by atoms with Gasteiger partial charge in [0, 0.05) is 6.54 Å². The van der Waals surface area contributed by atoms with Gasteiger partial charge in [-0.2, -0.15) is 8.42 Å². The maximum absolute atomic E-state index is 11.1. The van der Waals surface area contributed by atoms with Crippen molar-refractivity contribution < 1.29 is 22.5 Å². The van der Waals surface area contributed by atoms with Crippen molar-refractivity contribution in [3.05, 3.63) is 0 Å². The van der Waals surface area contributed by atoms with E-state index in [1.54, 1.807) is 0 Å². The van der Waals surface area contributed by atoms with E-state index in [0.29, 0.717) is 13.0 Å². The smallest absolute Gasteiger partial charge is 0.407 e. The lowest BCUT2D eigenvalue weighted by atomic mass is 9.84. The molecule has 0 bridgehead atoms. The highest BCUT2D eigenvalue weighted by Gasteiger charge is 2.45. The van der Waals surface area contributed by atoms with Crippen LogP contribution >= 0.6 is 0 Å². The van der Waals surface area contributed by atoms with Crippen LogP contribution in [0.25, 0.3) is 0 Å². The third-order valence-corrected chi connectivity index (χ3v) is 3.37. The molecule has 0 aromatic rings. The van der Waals surface area contributed by atoms with Crippen LogP contribution in [-0.2, 0) is 14.3 Å². The van der Waals surface area contributed by atoms with Crippen LogP contribution < -0.4 is 0 Å². The van der Waals surface area contributed by atoms with E-state index in [1.807, 2.05) is 20.8 Å². The molecule has 1 unspecified atom stereocenters. The van der Waals surface area contributed by atoms with E-state index in [4.69, 9.17) is 9.29 Å². The maximum Gasteiger partial charge on any atom is 0.407 e. The number of nitrogens with zero attached hydrogens (tertiary/aromatic N) is 1. The molecule has 0 aromatic carbocycles. The van der Waals surface area contributed by atoms with Crippen molar-refractivity contribution in [2.75, 3.05) is 12.8 Å². The van der Waals surface area contributed by atoms with Crippen LogP contribution in [0.15, 0.2) is 0 Å². The topological polar surface area (TPSA) is 83.9 Å². The summed E-state index contributed by atoms with van der Waals surface area (Å²) in [6.07, 6.45) is -0.247. The van der Waals surface area contributed by atoms with Gasteiger partial charge in [-0.3, -0.25) is 4.18 Å². The van der Waals surface area contributed by atoms with Crippen molar-refractivity contribution >= 4 is 16.2 Å². The van der Waals surface area contributed by atoms with E-state index in [-0.39, 0.29) is 5.41 Å². The molecule has 1 saturated heterocycles. The van der Waals surface area contributed by atoms with Crippen LogP contribution in [0.3, 0.4) is 0 Å². The summed E-state index contributed by atoms with van der Waals surface area (Å²) in [5.74, 6) is 0. The molecule has 17 heavy (non-hydrogen) atoms. The quantitative estimate of drug-likeness (QED) is 0.757. The van der Waals surface area contributed by atoms with Crippen LogP contribution in [0, 0.1) is 5.41 Å². The van der Waals surface area contributed by atoms with E-state index < -0.39 is 28.4 Å². The van der Waals surface area contributed by atoms with Gasteiger partial charge in [0.1, 0.15) is 0 Å². The monoisotopic (exact) mass is 265 g/mol. The molecule has 1 N–H and O–H groups in total. The molecule has 0 aliphatic carbocycles. The molecule has 1 rings (SSSR count). The molecule has 7 heteroatoms. The zero-order chi connectivity index (χ0) is 13.4. The van der Waals surface area contributed by atoms with E-state index in [0.717, 1.165) is 6.26 Å². The SMILES string of the molecule is CC(C)(C)[C@@H]1C(OS(C)(=O)=O)CCN1C(=O)O. The van der Waals surface area contributed by atoms with Gasteiger partial charge in [0.15, 0.2) is 0 Å². The van der Waals surface area contributed by atoms with Crippen molar-refractivity contribution in [2.45, 2.75) is 39.3 Å². The Morgan fingerprint density at radius 3 is 2.29 bits per heavy atom. The summed E-state index contributed by atoms with van der Waals surface area (Å²) < 4.78 is 27.3. The van der Waals surface area contributed by atoms with Crippen molar-refractivity contribution in [3.63, 3.8) is 0 Å². The Kier molecular flexibility index (Phi) is 3.73. The summed E-state index contributed by atoms with van der Waals surface area (Å²) >= 11 is 0. The average molecular weight is 265 g/mol. The molecule has 1 fully saturated rings. The number of carboxylic acid groups (broad SMARTS) is 1. The van der Waals surface area contributed by atoms with Gasteiger partial charge in [0.25, 0.3) is 10.1 Å². The molecule has 1 aliphatic rings. The van der Waals surface area contributed by atoms with Crippen LogP contribution in [0.1, 0.15) is 27.2 Å². The van der Waals surface area contributed by atoms with Crippen LogP contribution in [0.4, 0.5) is 4.79 Å². The number of likely N-dealkylation sites (tertiary alicyclic amines) is 1. The molecule has 1 heterocycles. The largest absolute Gasteiger partial charge is 0.465 e. The highest BCUT2D eigenvalue weighted by Crippen LogP contribution is 2.35. The van der Waals surface area contributed by atoms with E-state index >= 15 is 0 Å². The second-order valence-electron chi connectivity index (χ2n) is 5.41. The minimum Gasteiger partial charge on any atom is -0.465 e. The molecule has 2 atom stereocenters. The lowest BCUT2D eigenvalue weighted by Crippen LogP contribution is -2.48. The van der Waals surface area contributed by atoms with E-state index in [1.165, 1.54) is 4.90 Å². The molecule has 0 spiro atoms. The second kappa shape index (κ2) is 4.45. The Hall–Kier alpha value is -0.820. The fourth-order valence-corrected chi connectivity index (χ4v) is 2.98. The Morgan fingerprint density at radius 1 is 1.41 bits per heavy atom. The summed E-state index contributed by atoms with van der Waals surface area (Å²) in [5.41, 5.74) is -0.371. The van der Waals surface area contributed by atoms with Crippen LogP contribution in [-0.4, -0.2) is 49.5 Å². The number of amides is 1. The predicted molar refractivity (Wildman–Crippen MR) is 62.3 cm³/mol.